The lowest BCUT2D eigenvalue weighted by molar-refractivity contribution is -0.0113. The van der Waals surface area contributed by atoms with E-state index in [2.05, 4.69) is 219 Å². The normalized spacial score (nSPS) is 13.3. The molecule has 2 N–H and O–H groups in total. The highest BCUT2D eigenvalue weighted by atomic mass is 79.9. The van der Waals surface area contributed by atoms with Gasteiger partial charge < -0.3 is 29.2 Å². The molecule has 0 fully saturated rings. The molecular formula is C47H56Br8O6. The summed E-state index contributed by atoms with van der Waals surface area (Å²) in [7, 11) is 0. The van der Waals surface area contributed by atoms with Crippen LogP contribution in [0.2, 0.25) is 0 Å². The van der Waals surface area contributed by atoms with Crippen LogP contribution < -0.4 is 18.9 Å². The van der Waals surface area contributed by atoms with Gasteiger partial charge in [0.2, 0.25) is 0 Å². The van der Waals surface area contributed by atoms with Gasteiger partial charge in [0.1, 0.15) is 47.4 Å². The number of aliphatic hydroxyl groups excluding tert-OH is 2. The Hall–Kier alpha value is -0.160. The maximum absolute atomic E-state index is 11.3. The van der Waals surface area contributed by atoms with Crippen LogP contribution >= 0.6 is 127 Å². The second-order valence-corrected chi connectivity index (χ2v) is 22.8. The van der Waals surface area contributed by atoms with E-state index in [-0.39, 0.29) is 13.2 Å². The largest absolute Gasteiger partial charge is 0.489 e. The third kappa shape index (κ3) is 13.5. The molecule has 0 amide bonds. The van der Waals surface area contributed by atoms with Gasteiger partial charge in [-0.25, -0.2) is 0 Å². The van der Waals surface area contributed by atoms with Crippen molar-refractivity contribution < 1.29 is 29.2 Å². The van der Waals surface area contributed by atoms with Crippen molar-refractivity contribution in [3.05, 3.63) is 107 Å². The fourth-order valence-corrected chi connectivity index (χ4v) is 13.0. The first-order valence-corrected chi connectivity index (χ1v) is 27.0. The molecule has 0 aliphatic carbocycles. The summed E-state index contributed by atoms with van der Waals surface area (Å²) in [5, 5.41) is 22.6. The fourth-order valence-electron chi connectivity index (χ4n) is 7.33. The molecule has 0 aliphatic heterocycles. The zero-order valence-electron chi connectivity index (χ0n) is 35.9. The summed E-state index contributed by atoms with van der Waals surface area (Å²) in [6.07, 6.45) is 3.88. The van der Waals surface area contributed by atoms with E-state index in [4.69, 9.17) is 18.9 Å². The number of aryl methyl sites for hydroxylation is 2. The van der Waals surface area contributed by atoms with Crippen LogP contribution in [0.25, 0.3) is 0 Å². The molecule has 0 aromatic heterocycles. The summed E-state index contributed by atoms with van der Waals surface area (Å²) in [4.78, 5) is 0. The maximum atomic E-state index is 11.3. The average Bonchev–Trinajstić information content (AvgIpc) is 3.21. The molecule has 0 saturated heterocycles. The molecule has 0 saturated carbocycles. The lowest BCUT2D eigenvalue weighted by Crippen LogP contribution is -2.40. The van der Waals surface area contributed by atoms with E-state index in [0.29, 0.717) is 55.8 Å². The molecule has 2 unspecified atom stereocenters. The van der Waals surface area contributed by atoms with Crippen molar-refractivity contribution in [3.63, 3.8) is 0 Å². The second kappa shape index (κ2) is 23.5. The van der Waals surface area contributed by atoms with E-state index in [9.17, 15) is 10.2 Å². The average molecular weight is 1360 g/mol. The van der Waals surface area contributed by atoms with Gasteiger partial charge in [0.05, 0.1) is 48.0 Å². The van der Waals surface area contributed by atoms with Gasteiger partial charge in [-0.1, -0.05) is 55.4 Å². The Bertz CT molecular complexity index is 2020. The van der Waals surface area contributed by atoms with E-state index in [1.165, 1.54) is 11.1 Å². The molecule has 0 aliphatic rings. The zero-order valence-corrected chi connectivity index (χ0v) is 48.6. The molecule has 14 heteroatoms. The van der Waals surface area contributed by atoms with Gasteiger partial charge in [-0.15, -0.1) is 0 Å². The molecule has 0 radical (unpaired) electrons. The van der Waals surface area contributed by atoms with Crippen molar-refractivity contribution in [2.45, 2.75) is 136 Å². The van der Waals surface area contributed by atoms with Crippen molar-refractivity contribution in [3.8, 4) is 23.0 Å². The number of halogens is 8. The van der Waals surface area contributed by atoms with Gasteiger partial charge in [0.25, 0.3) is 0 Å². The van der Waals surface area contributed by atoms with Crippen LogP contribution in [0.5, 0.6) is 23.0 Å². The molecule has 0 heterocycles. The highest BCUT2D eigenvalue weighted by molar-refractivity contribution is 9.12. The second-order valence-electron chi connectivity index (χ2n) is 16.0. The van der Waals surface area contributed by atoms with Gasteiger partial charge in [0.15, 0.2) is 0 Å². The van der Waals surface area contributed by atoms with Gasteiger partial charge in [0, 0.05) is 18.3 Å². The number of hydrogen-bond acceptors (Lipinski definition) is 6. The summed E-state index contributed by atoms with van der Waals surface area (Å²) < 4.78 is 32.5. The van der Waals surface area contributed by atoms with Crippen LogP contribution in [0.15, 0.2) is 84.3 Å². The molecule has 4 aromatic carbocycles. The maximum Gasteiger partial charge on any atom is 0.148 e. The molecule has 61 heavy (non-hydrogen) atoms. The van der Waals surface area contributed by atoms with E-state index in [0.717, 1.165) is 65.5 Å². The molecule has 4 rings (SSSR count). The smallest absolute Gasteiger partial charge is 0.148 e. The molecule has 6 nitrogen and oxygen atoms in total. The highest BCUT2D eigenvalue weighted by Gasteiger charge is 2.36. The Balaban J connectivity index is 1.48. The first kappa shape index (κ1) is 53.5. The van der Waals surface area contributed by atoms with Crippen LogP contribution in [0.4, 0.5) is 0 Å². The predicted octanol–water partition coefficient (Wildman–Crippen LogP) is 16.8. The first-order chi connectivity index (χ1) is 28.7. The van der Waals surface area contributed by atoms with Crippen LogP contribution in [0.1, 0.15) is 116 Å². The topological polar surface area (TPSA) is 77.4 Å². The number of rotatable bonds is 22. The Morgan fingerprint density at radius 3 is 0.984 bits per heavy atom. The minimum atomic E-state index is -0.776. The van der Waals surface area contributed by atoms with Crippen molar-refractivity contribution in [2.75, 3.05) is 13.2 Å². The predicted molar refractivity (Wildman–Crippen MR) is 278 cm³/mol. The highest BCUT2D eigenvalue weighted by Crippen LogP contribution is 2.46. The molecule has 0 spiro atoms. The molecule has 2 atom stereocenters. The third-order valence-electron chi connectivity index (χ3n) is 11.6. The van der Waals surface area contributed by atoms with Crippen molar-refractivity contribution >= 4 is 127 Å². The Labute approximate surface area is 430 Å². The zero-order chi connectivity index (χ0) is 45.4. The fraction of sp³-hybridized carbons (Fsp3) is 0.489. The van der Waals surface area contributed by atoms with Crippen LogP contribution in [-0.2, 0) is 18.3 Å². The van der Waals surface area contributed by atoms with Gasteiger partial charge in [-0.2, -0.15) is 0 Å². The minimum Gasteiger partial charge on any atom is -0.489 e. The van der Waals surface area contributed by atoms with E-state index < -0.39 is 28.8 Å². The van der Waals surface area contributed by atoms with Gasteiger partial charge >= 0.3 is 0 Å². The molecule has 0 bridgehead atoms. The van der Waals surface area contributed by atoms with Gasteiger partial charge in [-0.3, -0.25) is 0 Å². The van der Waals surface area contributed by atoms with E-state index in [1.54, 1.807) is 0 Å². The number of ether oxygens (including phenoxy) is 4. The Morgan fingerprint density at radius 2 is 0.705 bits per heavy atom. The van der Waals surface area contributed by atoms with Crippen molar-refractivity contribution in [1.82, 2.24) is 0 Å². The number of benzene rings is 4. The quantitative estimate of drug-likeness (QED) is 0.0816. The molecule has 336 valence electrons. The van der Waals surface area contributed by atoms with E-state index in [1.807, 2.05) is 12.1 Å². The summed E-state index contributed by atoms with van der Waals surface area (Å²) >= 11 is 29.9. The Kier molecular flexibility index (Phi) is 20.6. The Morgan fingerprint density at radius 1 is 0.443 bits per heavy atom. The lowest BCUT2D eigenvalue weighted by Gasteiger charge is -2.36. The van der Waals surface area contributed by atoms with Crippen molar-refractivity contribution in [1.29, 1.82) is 0 Å². The van der Waals surface area contributed by atoms with Crippen LogP contribution in [0, 0.1) is 0 Å². The van der Waals surface area contributed by atoms with Gasteiger partial charge in [-0.05, 0) is 237 Å². The standard InChI is InChI=1S/C47H56Br8O6/c1-9-27-15-33(48)41(34(49)16-27)58-25-31(56)24-47(13-5,14-6)61-44-39(54)21-30(22-40(44)55)45(7,8)29-19-37(52)42(38(53)20-29)59-26-32(57)23-46(11-3,12-4)60-43-35(50)17-28(10-2)18-36(43)51/h15-22,31-32,56-57H,9-14,23-26H2,1-8H3. The minimum absolute atomic E-state index is 0.0903. The van der Waals surface area contributed by atoms with E-state index >= 15 is 0 Å². The molecular weight excluding hydrogens is 1300 g/mol. The van der Waals surface area contributed by atoms with Crippen LogP contribution in [-0.4, -0.2) is 46.8 Å². The number of hydrogen-bond donors (Lipinski definition) is 2. The summed E-state index contributed by atoms with van der Waals surface area (Å²) in [5.41, 5.74) is 2.81. The number of aliphatic hydroxyl groups is 2. The summed E-state index contributed by atoms with van der Waals surface area (Å²) in [5.74, 6) is 2.70. The van der Waals surface area contributed by atoms with Crippen molar-refractivity contribution in [2.24, 2.45) is 0 Å². The monoisotopic (exact) mass is 1350 g/mol. The third-order valence-corrected chi connectivity index (χ3v) is 16.4. The summed E-state index contributed by atoms with van der Waals surface area (Å²) in [6, 6.07) is 16.6. The first-order valence-electron chi connectivity index (χ1n) is 20.7. The molecule has 4 aromatic rings. The lowest BCUT2D eigenvalue weighted by atomic mass is 9.78. The summed E-state index contributed by atoms with van der Waals surface area (Å²) in [6.45, 7) is 17.1. The van der Waals surface area contributed by atoms with Crippen LogP contribution in [0.3, 0.4) is 0 Å². The SMILES string of the molecule is CCc1cc(Br)c(OCC(O)CC(CC)(CC)Oc2c(Br)cc(C(C)(C)c3cc(Br)c(OCC(O)CC(CC)(CC)Oc4c(Br)cc(CC)cc4Br)c(Br)c3)cc2Br)c(Br)c1.